The van der Waals surface area contributed by atoms with Crippen LogP contribution in [0.25, 0.3) is 0 Å². The standard InChI is InChI=1S/C20H34N2O9P2/c1-6-26-32(27-7-2)31-17(15-30-33(25,28-8-3)29-9-4)14-21-20(24)18-12-10-11-13-19(18)22-16(5)23/h10-13,17H,6-9,14-15H2,1-5H3,(H,21,24)(H,22,23). The van der Waals surface area contributed by atoms with Crippen molar-refractivity contribution in [3.05, 3.63) is 29.8 Å². The van der Waals surface area contributed by atoms with Gasteiger partial charge in [0.1, 0.15) is 6.10 Å². The molecule has 0 heterocycles. The van der Waals surface area contributed by atoms with Gasteiger partial charge < -0.3 is 24.2 Å². The van der Waals surface area contributed by atoms with Crippen LogP contribution in [-0.4, -0.2) is 57.5 Å². The average molecular weight is 508 g/mol. The number of hydrogen-bond donors (Lipinski definition) is 2. The first-order valence-corrected chi connectivity index (χ1v) is 13.2. The number of para-hydroxylation sites is 1. The van der Waals surface area contributed by atoms with Crippen LogP contribution in [0.3, 0.4) is 0 Å². The molecule has 0 aliphatic rings. The van der Waals surface area contributed by atoms with E-state index >= 15 is 0 Å². The molecule has 0 saturated heterocycles. The van der Waals surface area contributed by atoms with Gasteiger partial charge in [0.05, 0.1) is 44.3 Å². The Bertz CT molecular complexity index is 766. The summed E-state index contributed by atoms with van der Waals surface area (Å²) in [6.07, 6.45) is -0.791. The molecule has 0 spiro atoms. The Morgan fingerprint density at radius 1 is 0.970 bits per heavy atom. The lowest BCUT2D eigenvalue weighted by molar-refractivity contribution is -0.114. The van der Waals surface area contributed by atoms with Crippen LogP contribution in [0.4, 0.5) is 5.69 Å². The minimum absolute atomic E-state index is 0.0233. The van der Waals surface area contributed by atoms with Gasteiger partial charge in [-0.1, -0.05) is 12.1 Å². The lowest BCUT2D eigenvalue weighted by atomic mass is 10.1. The van der Waals surface area contributed by atoms with Crippen molar-refractivity contribution in [2.75, 3.05) is 44.9 Å². The highest BCUT2D eigenvalue weighted by molar-refractivity contribution is 7.48. The van der Waals surface area contributed by atoms with Crippen molar-refractivity contribution in [3.63, 3.8) is 0 Å². The summed E-state index contributed by atoms with van der Waals surface area (Å²) in [6.45, 7) is 9.00. The molecule has 1 rings (SSSR count). The number of rotatable bonds is 17. The zero-order valence-corrected chi connectivity index (χ0v) is 21.5. The first-order valence-electron chi connectivity index (χ1n) is 10.7. The molecule has 0 aromatic heterocycles. The summed E-state index contributed by atoms with van der Waals surface area (Å²) in [5.41, 5.74) is 0.651. The highest BCUT2D eigenvalue weighted by Crippen LogP contribution is 2.50. The Balaban J connectivity index is 2.93. The number of carbonyl (C=O) groups excluding carboxylic acids is 2. The number of carbonyl (C=O) groups is 2. The first-order chi connectivity index (χ1) is 15.8. The predicted octanol–water partition coefficient (Wildman–Crippen LogP) is 4.26. The van der Waals surface area contributed by atoms with Gasteiger partial charge in [-0.05, 0) is 39.8 Å². The number of hydrogen-bond acceptors (Lipinski definition) is 9. The molecule has 2 N–H and O–H groups in total. The van der Waals surface area contributed by atoms with Crippen LogP contribution in [0.5, 0.6) is 0 Å². The van der Waals surface area contributed by atoms with Crippen molar-refractivity contribution in [1.82, 2.24) is 5.32 Å². The van der Waals surface area contributed by atoms with Gasteiger partial charge in [-0.15, -0.1) is 0 Å². The monoisotopic (exact) mass is 508 g/mol. The molecule has 1 aromatic carbocycles. The van der Waals surface area contributed by atoms with Gasteiger partial charge >= 0.3 is 16.4 Å². The maximum absolute atomic E-state index is 12.8. The second kappa shape index (κ2) is 16.2. The second-order valence-corrected chi connectivity index (χ2v) is 9.15. The van der Waals surface area contributed by atoms with E-state index in [0.29, 0.717) is 18.9 Å². The van der Waals surface area contributed by atoms with Gasteiger partial charge in [0.2, 0.25) is 5.91 Å². The minimum Gasteiger partial charge on any atom is -0.349 e. The molecule has 33 heavy (non-hydrogen) atoms. The van der Waals surface area contributed by atoms with Crippen LogP contribution in [0.15, 0.2) is 24.3 Å². The van der Waals surface area contributed by atoms with Crippen LogP contribution < -0.4 is 10.6 Å². The summed E-state index contributed by atoms with van der Waals surface area (Å²) in [5, 5.41) is 5.35. The summed E-state index contributed by atoms with van der Waals surface area (Å²) >= 11 is 0. The zero-order valence-electron chi connectivity index (χ0n) is 19.7. The third-order valence-corrected chi connectivity index (χ3v) is 6.69. The number of phosphoric ester groups is 1. The zero-order chi connectivity index (χ0) is 24.7. The van der Waals surface area contributed by atoms with Crippen molar-refractivity contribution in [3.8, 4) is 0 Å². The molecule has 1 unspecified atom stereocenters. The Morgan fingerprint density at radius 3 is 2.12 bits per heavy atom. The Labute approximate surface area is 196 Å². The first kappa shape index (κ1) is 29.6. The van der Waals surface area contributed by atoms with E-state index in [2.05, 4.69) is 10.6 Å². The van der Waals surface area contributed by atoms with Gasteiger partial charge in [0, 0.05) is 13.5 Å². The predicted molar refractivity (Wildman–Crippen MR) is 125 cm³/mol. The quantitative estimate of drug-likeness (QED) is 0.296. The van der Waals surface area contributed by atoms with E-state index in [4.69, 9.17) is 27.1 Å². The highest BCUT2D eigenvalue weighted by Gasteiger charge is 2.29. The number of benzene rings is 1. The molecule has 13 heteroatoms. The molecule has 1 aromatic rings. The second-order valence-electron chi connectivity index (χ2n) is 6.30. The molecule has 0 bridgehead atoms. The van der Waals surface area contributed by atoms with Crippen LogP contribution >= 0.6 is 16.4 Å². The average Bonchev–Trinajstić information content (AvgIpc) is 2.76. The van der Waals surface area contributed by atoms with Crippen LogP contribution in [-0.2, 0) is 36.5 Å². The van der Waals surface area contributed by atoms with Gasteiger partial charge in [-0.2, -0.15) is 0 Å². The number of phosphoric acid groups is 1. The molecule has 0 aliphatic carbocycles. The third-order valence-electron chi connectivity index (χ3n) is 3.67. The highest BCUT2D eigenvalue weighted by atomic mass is 31.2. The number of nitrogens with one attached hydrogen (secondary N) is 2. The van der Waals surface area contributed by atoms with Crippen LogP contribution in [0, 0.1) is 0 Å². The molecule has 11 nitrogen and oxygen atoms in total. The maximum Gasteiger partial charge on any atom is 0.474 e. The molecule has 2 amide bonds. The molecule has 188 valence electrons. The summed E-state index contributed by atoms with van der Waals surface area (Å²) in [4.78, 5) is 24.2. The number of anilines is 1. The molecule has 1 atom stereocenters. The van der Waals surface area contributed by atoms with Crippen molar-refractivity contribution in [1.29, 1.82) is 0 Å². The van der Waals surface area contributed by atoms with E-state index < -0.39 is 28.4 Å². The molecule has 0 fully saturated rings. The van der Waals surface area contributed by atoms with E-state index in [-0.39, 0.29) is 37.8 Å². The lowest BCUT2D eigenvalue weighted by Gasteiger charge is -2.24. The molecule has 0 radical (unpaired) electrons. The molecular formula is C20H34N2O9P2. The topological polar surface area (TPSA) is 131 Å². The van der Waals surface area contributed by atoms with E-state index in [1.54, 1.807) is 52.0 Å². The SMILES string of the molecule is CCOP(OCC)OC(CNC(=O)c1ccccc1NC(C)=O)COP(=O)(OCC)OCC. The molecule has 0 saturated carbocycles. The van der Waals surface area contributed by atoms with Gasteiger partial charge in [-0.25, -0.2) is 4.57 Å². The fourth-order valence-corrected chi connectivity index (χ4v) is 4.64. The smallest absolute Gasteiger partial charge is 0.349 e. The van der Waals surface area contributed by atoms with Gasteiger partial charge in [0.25, 0.3) is 5.91 Å². The fourth-order valence-electron chi connectivity index (χ4n) is 2.44. The summed E-state index contributed by atoms with van der Waals surface area (Å²) in [6, 6.07) is 6.59. The van der Waals surface area contributed by atoms with Crippen LogP contribution in [0.2, 0.25) is 0 Å². The van der Waals surface area contributed by atoms with Crippen molar-refractivity contribution < 1.29 is 41.3 Å². The fraction of sp³-hybridized carbons (Fsp3) is 0.600. The van der Waals surface area contributed by atoms with Gasteiger partial charge in [-0.3, -0.25) is 23.2 Å². The largest absolute Gasteiger partial charge is 0.474 e. The van der Waals surface area contributed by atoms with E-state index in [9.17, 15) is 14.2 Å². The van der Waals surface area contributed by atoms with Gasteiger partial charge in [0.15, 0.2) is 0 Å². The Morgan fingerprint density at radius 2 is 1.58 bits per heavy atom. The third kappa shape index (κ3) is 11.5. The summed E-state index contributed by atoms with van der Waals surface area (Å²) < 4.78 is 45.1. The maximum atomic E-state index is 12.8. The van der Waals surface area contributed by atoms with E-state index in [1.807, 2.05) is 0 Å². The molecular weight excluding hydrogens is 474 g/mol. The van der Waals surface area contributed by atoms with E-state index in [0.717, 1.165) is 0 Å². The Hall–Kier alpha value is -1.42. The number of amides is 2. The van der Waals surface area contributed by atoms with Crippen molar-refractivity contribution in [2.45, 2.75) is 40.7 Å². The van der Waals surface area contributed by atoms with E-state index in [1.165, 1.54) is 6.92 Å². The van der Waals surface area contributed by atoms with Crippen molar-refractivity contribution in [2.24, 2.45) is 0 Å². The Kier molecular flexibility index (Phi) is 14.6. The molecule has 0 aliphatic heterocycles. The summed E-state index contributed by atoms with van der Waals surface area (Å²) in [7, 11) is -5.52. The minimum atomic E-state index is -3.79. The normalized spacial score (nSPS) is 12.5. The van der Waals surface area contributed by atoms with Crippen molar-refractivity contribution >= 4 is 33.9 Å². The van der Waals surface area contributed by atoms with Crippen LogP contribution in [0.1, 0.15) is 45.0 Å². The lowest BCUT2D eigenvalue weighted by Crippen LogP contribution is -2.36. The summed E-state index contributed by atoms with van der Waals surface area (Å²) in [5.74, 6) is -0.741.